The molecule has 0 amide bonds. The van der Waals surface area contributed by atoms with Gasteiger partial charge in [-0.1, -0.05) is 11.8 Å². The van der Waals surface area contributed by atoms with Crippen LogP contribution in [0.1, 0.15) is 24.0 Å². The molecule has 7 heteroatoms. The zero-order chi connectivity index (χ0) is 15.1. The molecular formula is C15H14BrN5S. The SMILES string of the molecule is Nc1ncnc2[nH]c(Sc3cc4c(cc3Br)CCCC4)nc12. The Bertz CT molecular complexity index is 861. The minimum atomic E-state index is 0.401. The van der Waals surface area contributed by atoms with Crippen LogP contribution in [0, 0.1) is 0 Å². The Balaban J connectivity index is 1.71. The first-order valence-electron chi connectivity index (χ1n) is 7.16. The molecule has 2 aromatic heterocycles. The molecule has 1 aliphatic carbocycles. The summed E-state index contributed by atoms with van der Waals surface area (Å²) in [5.74, 6) is 0.401. The summed E-state index contributed by atoms with van der Waals surface area (Å²) in [5, 5.41) is 0.777. The number of nitrogen functional groups attached to an aromatic ring is 1. The van der Waals surface area contributed by atoms with Crippen molar-refractivity contribution in [2.45, 2.75) is 35.7 Å². The summed E-state index contributed by atoms with van der Waals surface area (Å²) in [6.45, 7) is 0. The van der Waals surface area contributed by atoms with E-state index in [0.717, 1.165) is 20.9 Å². The molecule has 1 aliphatic rings. The van der Waals surface area contributed by atoms with Crippen LogP contribution in [-0.2, 0) is 12.8 Å². The second-order valence-electron chi connectivity index (χ2n) is 5.36. The van der Waals surface area contributed by atoms with Crippen LogP contribution < -0.4 is 5.73 Å². The van der Waals surface area contributed by atoms with Crippen molar-refractivity contribution >= 4 is 44.7 Å². The first kappa shape index (κ1) is 14.0. The summed E-state index contributed by atoms with van der Waals surface area (Å²) >= 11 is 5.26. The fourth-order valence-corrected chi connectivity index (χ4v) is 4.27. The predicted molar refractivity (Wildman–Crippen MR) is 91.0 cm³/mol. The Morgan fingerprint density at radius 3 is 2.68 bits per heavy atom. The molecular weight excluding hydrogens is 362 g/mol. The van der Waals surface area contributed by atoms with Gasteiger partial charge in [0.15, 0.2) is 22.1 Å². The zero-order valence-electron chi connectivity index (χ0n) is 11.8. The zero-order valence-corrected chi connectivity index (χ0v) is 14.2. The van der Waals surface area contributed by atoms with Crippen molar-refractivity contribution in [1.29, 1.82) is 0 Å². The van der Waals surface area contributed by atoms with Gasteiger partial charge in [0.25, 0.3) is 0 Å². The van der Waals surface area contributed by atoms with E-state index in [1.54, 1.807) is 11.8 Å². The van der Waals surface area contributed by atoms with Gasteiger partial charge >= 0.3 is 0 Å². The molecule has 1 aromatic carbocycles. The smallest absolute Gasteiger partial charge is 0.172 e. The van der Waals surface area contributed by atoms with Gasteiger partial charge in [0.1, 0.15) is 6.33 Å². The highest BCUT2D eigenvalue weighted by Crippen LogP contribution is 2.37. The number of nitrogens with two attached hydrogens (primary N) is 1. The largest absolute Gasteiger partial charge is 0.382 e. The second-order valence-corrected chi connectivity index (χ2v) is 7.24. The topological polar surface area (TPSA) is 80.5 Å². The molecule has 0 atom stereocenters. The summed E-state index contributed by atoms with van der Waals surface area (Å²) in [5.41, 5.74) is 10.0. The van der Waals surface area contributed by atoms with Gasteiger partial charge in [0, 0.05) is 9.37 Å². The molecule has 0 saturated heterocycles. The molecule has 0 bridgehead atoms. The lowest BCUT2D eigenvalue weighted by Crippen LogP contribution is -2.02. The standard InChI is InChI=1S/C15H14BrN5S/c16-10-5-8-3-1-2-4-9(8)6-11(10)22-15-20-12-13(17)18-7-19-14(12)21-15/h5-7H,1-4H2,(H3,17,18,19,20,21). The highest BCUT2D eigenvalue weighted by atomic mass is 79.9. The van der Waals surface area contributed by atoms with Gasteiger partial charge < -0.3 is 10.7 Å². The van der Waals surface area contributed by atoms with E-state index in [-0.39, 0.29) is 0 Å². The van der Waals surface area contributed by atoms with Crippen molar-refractivity contribution in [3.63, 3.8) is 0 Å². The number of rotatable bonds is 2. The van der Waals surface area contributed by atoms with E-state index in [1.165, 1.54) is 36.7 Å². The van der Waals surface area contributed by atoms with Crippen molar-refractivity contribution in [2.24, 2.45) is 0 Å². The average molecular weight is 376 g/mol. The number of aromatic nitrogens is 4. The molecule has 0 saturated carbocycles. The van der Waals surface area contributed by atoms with E-state index in [2.05, 4.69) is 48.0 Å². The minimum absolute atomic E-state index is 0.401. The fourth-order valence-electron chi connectivity index (χ4n) is 2.79. The van der Waals surface area contributed by atoms with E-state index >= 15 is 0 Å². The summed E-state index contributed by atoms with van der Waals surface area (Å²) < 4.78 is 1.11. The number of benzene rings is 1. The van der Waals surface area contributed by atoms with Crippen LogP contribution in [0.5, 0.6) is 0 Å². The third-order valence-electron chi connectivity index (χ3n) is 3.89. The van der Waals surface area contributed by atoms with Crippen LogP contribution in [0.15, 0.2) is 33.0 Å². The van der Waals surface area contributed by atoms with Gasteiger partial charge in [-0.25, -0.2) is 15.0 Å². The van der Waals surface area contributed by atoms with Crippen LogP contribution in [0.2, 0.25) is 0 Å². The molecule has 0 unspecified atom stereocenters. The number of anilines is 1. The Morgan fingerprint density at radius 2 is 1.91 bits per heavy atom. The highest BCUT2D eigenvalue weighted by Gasteiger charge is 2.15. The molecule has 2 heterocycles. The van der Waals surface area contributed by atoms with Crippen molar-refractivity contribution < 1.29 is 0 Å². The van der Waals surface area contributed by atoms with Gasteiger partial charge in [0.05, 0.1) is 0 Å². The number of aryl methyl sites for hydroxylation is 2. The third-order valence-corrected chi connectivity index (χ3v) is 5.76. The van der Waals surface area contributed by atoms with Crippen molar-refractivity contribution in [3.05, 3.63) is 34.1 Å². The number of H-pyrrole nitrogens is 1. The Labute approximate surface area is 140 Å². The van der Waals surface area contributed by atoms with Gasteiger partial charge in [-0.15, -0.1) is 0 Å². The van der Waals surface area contributed by atoms with Crippen molar-refractivity contribution in [3.8, 4) is 0 Å². The molecule has 3 N–H and O–H groups in total. The number of imidazole rings is 1. The number of hydrogen-bond donors (Lipinski definition) is 2. The number of fused-ring (bicyclic) bond motifs is 2. The third kappa shape index (κ3) is 2.48. The van der Waals surface area contributed by atoms with Crippen LogP contribution in [-0.4, -0.2) is 19.9 Å². The van der Waals surface area contributed by atoms with Crippen molar-refractivity contribution in [2.75, 3.05) is 5.73 Å². The summed E-state index contributed by atoms with van der Waals surface area (Å²) in [6, 6.07) is 4.51. The Kier molecular flexibility index (Phi) is 3.54. The molecule has 5 nitrogen and oxygen atoms in total. The quantitative estimate of drug-likeness (QED) is 0.713. The molecule has 0 radical (unpaired) electrons. The maximum atomic E-state index is 5.83. The first-order chi connectivity index (χ1) is 10.7. The predicted octanol–water partition coefficient (Wildman–Crippen LogP) is 3.73. The molecule has 3 aromatic rings. The summed E-state index contributed by atoms with van der Waals surface area (Å²) in [7, 11) is 0. The van der Waals surface area contributed by atoms with Crippen LogP contribution in [0.25, 0.3) is 11.2 Å². The van der Waals surface area contributed by atoms with Crippen LogP contribution in [0.4, 0.5) is 5.82 Å². The molecule has 0 spiro atoms. The second kappa shape index (κ2) is 5.55. The van der Waals surface area contributed by atoms with Crippen LogP contribution in [0.3, 0.4) is 0 Å². The molecule has 112 valence electrons. The molecule has 0 aliphatic heterocycles. The lowest BCUT2D eigenvalue weighted by atomic mass is 9.92. The molecule has 4 rings (SSSR count). The van der Waals surface area contributed by atoms with E-state index in [0.29, 0.717) is 17.0 Å². The highest BCUT2D eigenvalue weighted by molar-refractivity contribution is 9.10. The molecule has 22 heavy (non-hydrogen) atoms. The number of halogens is 1. The monoisotopic (exact) mass is 375 g/mol. The Hall–Kier alpha value is -1.60. The van der Waals surface area contributed by atoms with E-state index < -0.39 is 0 Å². The van der Waals surface area contributed by atoms with Crippen LogP contribution >= 0.6 is 27.7 Å². The maximum absolute atomic E-state index is 5.83. The number of nitrogens with one attached hydrogen (secondary N) is 1. The fraction of sp³-hybridized carbons (Fsp3) is 0.267. The van der Waals surface area contributed by atoms with Gasteiger partial charge in [0.2, 0.25) is 0 Å². The molecule has 0 fully saturated rings. The van der Waals surface area contributed by atoms with Gasteiger partial charge in [-0.2, -0.15) is 0 Å². The average Bonchev–Trinajstić information content (AvgIpc) is 2.92. The Morgan fingerprint density at radius 1 is 1.14 bits per heavy atom. The summed E-state index contributed by atoms with van der Waals surface area (Å²) in [4.78, 5) is 17.0. The number of nitrogens with zero attached hydrogens (tertiary/aromatic N) is 3. The lowest BCUT2D eigenvalue weighted by molar-refractivity contribution is 0.683. The number of aromatic amines is 1. The van der Waals surface area contributed by atoms with Crippen molar-refractivity contribution in [1.82, 2.24) is 19.9 Å². The van der Waals surface area contributed by atoms with Gasteiger partial charge in [-0.05, 0) is 64.9 Å². The number of hydrogen-bond acceptors (Lipinski definition) is 5. The maximum Gasteiger partial charge on any atom is 0.172 e. The first-order valence-corrected chi connectivity index (χ1v) is 8.77. The minimum Gasteiger partial charge on any atom is -0.382 e. The van der Waals surface area contributed by atoms with E-state index in [4.69, 9.17) is 5.73 Å². The summed E-state index contributed by atoms with van der Waals surface area (Å²) in [6.07, 6.45) is 6.34. The normalized spacial score (nSPS) is 14.2. The lowest BCUT2D eigenvalue weighted by Gasteiger charge is -2.17. The van der Waals surface area contributed by atoms with E-state index in [9.17, 15) is 0 Å². The van der Waals surface area contributed by atoms with E-state index in [1.807, 2.05) is 0 Å². The van der Waals surface area contributed by atoms with Gasteiger partial charge in [-0.3, -0.25) is 0 Å².